The van der Waals surface area contributed by atoms with Crippen LogP contribution in [0.4, 0.5) is 0 Å². The van der Waals surface area contributed by atoms with Gasteiger partial charge in [0.15, 0.2) is 0 Å². The van der Waals surface area contributed by atoms with Gasteiger partial charge in [0.2, 0.25) is 0 Å². The summed E-state index contributed by atoms with van der Waals surface area (Å²) in [4.78, 5) is 11.9. The summed E-state index contributed by atoms with van der Waals surface area (Å²) in [5.74, 6) is 8.05. The molecular formula is C22H38O. The van der Waals surface area contributed by atoms with Crippen molar-refractivity contribution < 1.29 is 4.79 Å². The number of carbonyl (C=O) groups excluding carboxylic acids is 1. The van der Waals surface area contributed by atoms with Crippen molar-refractivity contribution in [3.63, 3.8) is 0 Å². The van der Waals surface area contributed by atoms with Gasteiger partial charge < -0.3 is 0 Å². The average Bonchev–Trinajstić information content (AvgIpc) is 3.04. The summed E-state index contributed by atoms with van der Waals surface area (Å²) in [7, 11) is 0. The molecule has 7 atom stereocenters. The molecular weight excluding hydrogens is 280 g/mol. The number of rotatable bonds is 1. The van der Waals surface area contributed by atoms with Gasteiger partial charge in [0, 0.05) is 12.8 Å². The van der Waals surface area contributed by atoms with Gasteiger partial charge in [0.25, 0.3) is 0 Å². The highest BCUT2D eigenvalue weighted by atomic mass is 16.1. The Labute approximate surface area is 144 Å². The van der Waals surface area contributed by atoms with Crippen LogP contribution in [0.25, 0.3) is 0 Å². The molecule has 1 heteroatoms. The SMILES string of the molecule is CC.CC(C)C1CC2CC(=O)CCC2C2CCC3CCCC3C12. The van der Waals surface area contributed by atoms with Gasteiger partial charge in [-0.05, 0) is 79.4 Å². The molecule has 0 aromatic heterocycles. The second-order valence-corrected chi connectivity index (χ2v) is 9.02. The molecule has 0 N–H and O–H groups in total. The second-order valence-electron chi connectivity index (χ2n) is 9.02. The first-order chi connectivity index (χ1) is 11.1. The minimum atomic E-state index is 0.562. The molecule has 0 heterocycles. The van der Waals surface area contributed by atoms with Crippen LogP contribution in [0, 0.1) is 47.3 Å². The predicted molar refractivity (Wildman–Crippen MR) is 97.2 cm³/mol. The van der Waals surface area contributed by atoms with E-state index in [0.29, 0.717) is 5.78 Å². The smallest absolute Gasteiger partial charge is 0.133 e. The molecule has 1 nitrogen and oxygen atoms in total. The molecule has 132 valence electrons. The van der Waals surface area contributed by atoms with Crippen LogP contribution >= 0.6 is 0 Å². The zero-order valence-electron chi connectivity index (χ0n) is 15.9. The largest absolute Gasteiger partial charge is 0.300 e. The summed E-state index contributed by atoms with van der Waals surface area (Å²) < 4.78 is 0. The first-order valence-corrected chi connectivity index (χ1v) is 10.7. The summed E-state index contributed by atoms with van der Waals surface area (Å²) in [6.45, 7) is 8.90. The Morgan fingerprint density at radius 3 is 2.39 bits per heavy atom. The first kappa shape index (κ1) is 17.5. The molecule has 23 heavy (non-hydrogen) atoms. The third-order valence-corrected chi connectivity index (χ3v) is 7.90. The molecule has 4 fully saturated rings. The van der Waals surface area contributed by atoms with Crippen molar-refractivity contribution in [3.05, 3.63) is 0 Å². The fourth-order valence-corrected chi connectivity index (χ4v) is 7.14. The van der Waals surface area contributed by atoms with Crippen molar-refractivity contribution in [1.29, 1.82) is 0 Å². The van der Waals surface area contributed by atoms with Crippen molar-refractivity contribution in [2.75, 3.05) is 0 Å². The summed E-state index contributed by atoms with van der Waals surface area (Å²) >= 11 is 0. The molecule has 0 aromatic rings. The van der Waals surface area contributed by atoms with Gasteiger partial charge in [0.05, 0.1) is 0 Å². The standard InChI is InChI=1S/C20H32O.C2H6/c1-12(2)19-11-14-10-15(21)7-9-16(14)18-8-6-13-4-3-5-17(13)20(18)19;1-2/h12-14,16-20H,3-11H2,1-2H3;1-2H3. The van der Waals surface area contributed by atoms with Crippen LogP contribution in [0.1, 0.15) is 85.5 Å². The third kappa shape index (κ3) is 3.14. The van der Waals surface area contributed by atoms with Gasteiger partial charge in [-0.1, -0.05) is 40.5 Å². The lowest BCUT2D eigenvalue weighted by molar-refractivity contribution is -0.129. The van der Waals surface area contributed by atoms with Crippen molar-refractivity contribution in [2.45, 2.75) is 85.5 Å². The Morgan fingerprint density at radius 1 is 0.870 bits per heavy atom. The maximum absolute atomic E-state index is 11.9. The predicted octanol–water partition coefficient (Wildman–Crippen LogP) is 6.12. The summed E-state index contributed by atoms with van der Waals surface area (Å²) in [5, 5.41) is 0. The summed E-state index contributed by atoms with van der Waals surface area (Å²) in [6.07, 6.45) is 12.0. The van der Waals surface area contributed by atoms with Gasteiger partial charge in [-0.25, -0.2) is 0 Å². The summed E-state index contributed by atoms with van der Waals surface area (Å²) in [6, 6.07) is 0. The summed E-state index contributed by atoms with van der Waals surface area (Å²) in [5.41, 5.74) is 0. The molecule has 0 aliphatic heterocycles. The highest BCUT2D eigenvalue weighted by Gasteiger charge is 2.53. The monoisotopic (exact) mass is 318 g/mol. The van der Waals surface area contributed by atoms with E-state index in [1.54, 1.807) is 0 Å². The molecule has 0 bridgehead atoms. The second kappa shape index (κ2) is 7.28. The molecule has 4 saturated carbocycles. The minimum Gasteiger partial charge on any atom is -0.300 e. The van der Waals surface area contributed by atoms with Crippen molar-refractivity contribution in [2.24, 2.45) is 47.3 Å². The minimum absolute atomic E-state index is 0.562. The topological polar surface area (TPSA) is 17.1 Å². The molecule has 0 spiro atoms. The van der Waals surface area contributed by atoms with Gasteiger partial charge in [-0.2, -0.15) is 0 Å². The molecule has 0 radical (unpaired) electrons. The Bertz CT molecular complexity index is 412. The maximum Gasteiger partial charge on any atom is 0.133 e. The Morgan fingerprint density at radius 2 is 1.65 bits per heavy atom. The van der Waals surface area contributed by atoms with Crippen LogP contribution in [-0.2, 0) is 4.79 Å². The molecule has 0 saturated heterocycles. The number of fused-ring (bicyclic) bond motifs is 5. The highest BCUT2D eigenvalue weighted by molar-refractivity contribution is 5.79. The molecule has 0 aromatic carbocycles. The van der Waals surface area contributed by atoms with Gasteiger partial charge in [-0.15, -0.1) is 0 Å². The average molecular weight is 319 g/mol. The number of Topliss-reactive ketones (excluding diaryl/α,β-unsaturated/α-hetero) is 1. The van der Waals surface area contributed by atoms with Gasteiger partial charge >= 0.3 is 0 Å². The fraction of sp³-hybridized carbons (Fsp3) is 0.955. The molecule has 4 aliphatic rings. The van der Waals surface area contributed by atoms with E-state index < -0.39 is 0 Å². The normalized spacial score (nSPS) is 45.6. The fourth-order valence-electron chi connectivity index (χ4n) is 7.14. The lowest BCUT2D eigenvalue weighted by atomic mass is 9.49. The number of hydrogen-bond acceptors (Lipinski definition) is 1. The first-order valence-electron chi connectivity index (χ1n) is 10.7. The van der Waals surface area contributed by atoms with Crippen molar-refractivity contribution >= 4 is 5.78 Å². The van der Waals surface area contributed by atoms with Gasteiger partial charge in [0.1, 0.15) is 5.78 Å². The number of ketones is 1. The van der Waals surface area contributed by atoms with E-state index in [1.807, 2.05) is 13.8 Å². The Hall–Kier alpha value is -0.330. The Balaban J connectivity index is 0.000000753. The lowest BCUT2D eigenvalue weighted by Gasteiger charge is -2.56. The van der Waals surface area contributed by atoms with Crippen LogP contribution in [0.5, 0.6) is 0 Å². The maximum atomic E-state index is 11.9. The number of carbonyl (C=O) groups is 1. The molecule has 4 rings (SSSR count). The van der Waals surface area contributed by atoms with E-state index >= 15 is 0 Å². The van der Waals surface area contributed by atoms with E-state index in [1.165, 1.54) is 44.9 Å². The molecule has 4 aliphatic carbocycles. The van der Waals surface area contributed by atoms with Crippen LogP contribution in [0.2, 0.25) is 0 Å². The van der Waals surface area contributed by atoms with E-state index in [2.05, 4.69) is 13.8 Å². The molecule has 0 amide bonds. The Kier molecular flexibility index (Phi) is 5.53. The lowest BCUT2D eigenvalue weighted by Crippen LogP contribution is -2.50. The van der Waals surface area contributed by atoms with Crippen LogP contribution in [-0.4, -0.2) is 5.78 Å². The van der Waals surface area contributed by atoms with Crippen molar-refractivity contribution in [3.8, 4) is 0 Å². The van der Waals surface area contributed by atoms with E-state index in [0.717, 1.165) is 60.2 Å². The van der Waals surface area contributed by atoms with E-state index in [9.17, 15) is 4.79 Å². The van der Waals surface area contributed by atoms with Crippen LogP contribution < -0.4 is 0 Å². The molecule has 7 unspecified atom stereocenters. The zero-order chi connectivity index (χ0) is 16.6. The quantitative estimate of drug-likeness (QED) is 0.569. The van der Waals surface area contributed by atoms with E-state index in [-0.39, 0.29) is 0 Å². The van der Waals surface area contributed by atoms with Crippen LogP contribution in [0.15, 0.2) is 0 Å². The van der Waals surface area contributed by atoms with E-state index in [4.69, 9.17) is 0 Å². The number of hydrogen-bond donors (Lipinski definition) is 0. The highest BCUT2D eigenvalue weighted by Crippen LogP contribution is 2.60. The van der Waals surface area contributed by atoms with Gasteiger partial charge in [-0.3, -0.25) is 4.79 Å². The zero-order valence-corrected chi connectivity index (χ0v) is 15.9. The third-order valence-electron chi connectivity index (χ3n) is 7.90. The van der Waals surface area contributed by atoms with Crippen molar-refractivity contribution in [1.82, 2.24) is 0 Å². The van der Waals surface area contributed by atoms with Crippen LogP contribution in [0.3, 0.4) is 0 Å².